The minimum absolute atomic E-state index is 0.0202. The van der Waals surface area contributed by atoms with Gasteiger partial charge < -0.3 is 32.1 Å². The van der Waals surface area contributed by atoms with Crippen LogP contribution >= 0.6 is 0 Å². The number of hydrogen-bond acceptors (Lipinski definition) is 6. The normalized spacial score (nSPS) is 15.4. The van der Waals surface area contributed by atoms with E-state index in [1.807, 2.05) is 58.0 Å². The van der Waals surface area contributed by atoms with Gasteiger partial charge in [0.05, 0.1) is 0 Å². The van der Waals surface area contributed by atoms with Crippen LogP contribution in [0.15, 0.2) is 30.3 Å². The Morgan fingerprint density at radius 1 is 0.811 bits per heavy atom. The van der Waals surface area contributed by atoms with Crippen molar-refractivity contribution in [2.24, 2.45) is 17.6 Å². The van der Waals surface area contributed by atoms with Gasteiger partial charge in [0.2, 0.25) is 17.7 Å². The molecule has 0 heterocycles. The largest absolute Gasteiger partial charge is 0.382 e. The quantitative estimate of drug-likeness (QED) is 0.188. The molecule has 208 valence electrons. The third-order valence-electron chi connectivity index (χ3n) is 5.90. The van der Waals surface area contributed by atoms with E-state index in [1.54, 1.807) is 14.0 Å². The van der Waals surface area contributed by atoms with Crippen LogP contribution in [0.2, 0.25) is 0 Å². The van der Waals surface area contributed by atoms with Crippen molar-refractivity contribution in [3.05, 3.63) is 35.9 Å². The van der Waals surface area contributed by atoms with Gasteiger partial charge in [-0.25, -0.2) is 0 Å². The molecular formula is C27H45N5O5. The summed E-state index contributed by atoms with van der Waals surface area (Å²) in [5, 5.41) is 21.9. The number of carbonyl (C=O) groups is 4. The first-order valence-corrected chi connectivity index (χ1v) is 12.9. The number of nitrogens with one attached hydrogen (secondary N) is 4. The summed E-state index contributed by atoms with van der Waals surface area (Å²) >= 11 is 0. The molecule has 0 aliphatic carbocycles. The zero-order valence-electron chi connectivity index (χ0n) is 22.9. The zero-order valence-corrected chi connectivity index (χ0v) is 22.9. The van der Waals surface area contributed by atoms with Crippen LogP contribution in [0.1, 0.15) is 59.4 Å². The fourth-order valence-corrected chi connectivity index (χ4v) is 4.05. The van der Waals surface area contributed by atoms with Gasteiger partial charge >= 0.3 is 0 Å². The molecule has 10 nitrogen and oxygen atoms in total. The first-order chi connectivity index (χ1) is 17.3. The van der Waals surface area contributed by atoms with E-state index in [1.165, 1.54) is 0 Å². The highest BCUT2D eigenvalue weighted by molar-refractivity contribution is 5.93. The maximum absolute atomic E-state index is 13.2. The molecule has 7 N–H and O–H groups in total. The fraction of sp³-hybridized carbons (Fsp3) is 0.630. The van der Waals surface area contributed by atoms with Crippen LogP contribution in [0.4, 0.5) is 0 Å². The maximum atomic E-state index is 13.2. The van der Waals surface area contributed by atoms with Crippen molar-refractivity contribution in [2.75, 3.05) is 7.05 Å². The summed E-state index contributed by atoms with van der Waals surface area (Å²) in [7, 11) is 1.66. The second-order valence-corrected chi connectivity index (χ2v) is 10.5. The Hall–Kier alpha value is -2.98. The number of amides is 4. The van der Waals surface area contributed by atoms with E-state index < -0.39 is 53.9 Å². The molecule has 1 aromatic rings. The summed E-state index contributed by atoms with van der Waals surface area (Å²) in [6, 6.07) is 6.64. The van der Waals surface area contributed by atoms with Gasteiger partial charge in [0.15, 0.2) is 0 Å². The monoisotopic (exact) mass is 519 g/mol. The lowest BCUT2D eigenvalue weighted by atomic mass is 9.98. The Morgan fingerprint density at radius 3 is 1.76 bits per heavy atom. The van der Waals surface area contributed by atoms with E-state index in [-0.39, 0.29) is 18.3 Å². The minimum atomic E-state index is -1.39. The van der Waals surface area contributed by atoms with Crippen molar-refractivity contribution in [3.63, 3.8) is 0 Å². The summed E-state index contributed by atoms with van der Waals surface area (Å²) in [5.74, 6) is -1.99. The Kier molecular flexibility index (Phi) is 13.8. The highest BCUT2D eigenvalue weighted by Crippen LogP contribution is 2.11. The van der Waals surface area contributed by atoms with Crippen LogP contribution in [0, 0.1) is 11.8 Å². The third-order valence-corrected chi connectivity index (χ3v) is 5.90. The summed E-state index contributed by atoms with van der Waals surface area (Å²) < 4.78 is 0. The smallest absolute Gasteiger partial charge is 0.251 e. The minimum Gasteiger partial charge on any atom is -0.382 e. The molecular weight excluding hydrogens is 474 g/mol. The predicted molar refractivity (Wildman–Crippen MR) is 143 cm³/mol. The molecule has 0 aliphatic rings. The first-order valence-electron chi connectivity index (χ1n) is 12.9. The summed E-state index contributed by atoms with van der Waals surface area (Å²) in [5.41, 5.74) is 6.17. The number of benzene rings is 1. The van der Waals surface area contributed by atoms with Gasteiger partial charge in [0.25, 0.3) is 5.91 Å². The molecule has 0 saturated carbocycles. The van der Waals surface area contributed by atoms with Gasteiger partial charge in [-0.3, -0.25) is 19.2 Å². The number of aliphatic hydroxyl groups is 1. The van der Waals surface area contributed by atoms with Crippen molar-refractivity contribution in [3.8, 4) is 0 Å². The lowest BCUT2D eigenvalue weighted by molar-refractivity contribution is -0.136. The lowest BCUT2D eigenvalue weighted by Crippen LogP contribution is -2.58. The molecule has 4 amide bonds. The second kappa shape index (κ2) is 16.0. The molecule has 1 rings (SSSR count). The molecule has 1 aromatic carbocycles. The van der Waals surface area contributed by atoms with Crippen LogP contribution in [-0.4, -0.2) is 66.1 Å². The van der Waals surface area contributed by atoms with Gasteiger partial charge in [0, 0.05) is 18.5 Å². The van der Waals surface area contributed by atoms with Crippen molar-refractivity contribution in [1.29, 1.82) is 0 Å². The van der Waals surface area contributed by atoms with E-state index in [2.05, 4.69) is 21.3 Å². The molecule has 0 spiro atoms. The fourth-order valence-electron chi connectivity index (χ4n) is 4.05. The van der Waals surface area contributed by atoms with Crippen molar-refractivity contribution >= 4 is 23.6 Å². The zero-order chi connectivity index (χ0) is 28.1. The number of rotatable bonds is 16. The van der Waals surface area contributed by atoms with E-state index in [9.17, 15) is 24.3 Å². The van der Waals surface area contributed by atoms with Gasteiger partial charge in [-0.15, -0.1) is 0 Å². The van der Waals surface area contributed by atoms with Crippen molar-refractivity contribution in [1.82, 2.24) is 21.3 Å². The predicted octanol–water partition coefficient (Wildman–Crippen LogP) is 0.620. The van der Waals surface area contributed by atoms with Crippen molar-refractivity contribution < 1.29 is 24.3 Å². The van der Waals surface area contributed by atoms with E-state index in [0.29, 0.717) is 19.3 Å². The van der Waals surface area contributed by atoms with Gasteiger partial charge in [-0.2, -0.15) is 0 Å². The number of primary amides is 1. The van der Waals surface area contributed by atoms with Gasteiger partial charge in [-0.05, 0) is 50.6 Å². The summed E-state index contributed by atoms with van der Waals surface area (Å²) in [6.07, 6.45) is -0.302. The average molecular weight is 520 g/mol. The Morgan fingerprint density at radius 2 is 1.30 bits per heavy atom. The molecule has 37 heavy (non-hydrogen) atoms. The molecule has 5 atom stereocenters. The summed E-state index contributed by atoms with van der Waals surface area (Å²) in [4.78, 5) is 50.3. The Bertz CT molecular complexity index is 877. The molecule has 0 bridgehead atoms. The Balaban J connectivity index is 2.95. The van der Waals surface area contributed by atoms with E-state index >= 15 is 0 Å². The second-order valence-electron chi connectivity index (χ2n) is 10.5. The SMILES string of the molecule is CNC(Cc1ccccc1)C(O)C(=O)NC(CC(C)C)C(=O)NC(CC(C)C)C(=O)NC(C)CC(N)=O. The molecule has 0 saturated heterocycles. The topological polar surface area (TPSA) is 163 Å². The molecule has 5 unspecified atom stereocenters. The third kappa shape index (κ3) is 12.2. The number of carbonyl (C=O) groups excluding carboxylic acids is 4. The van der Waals surface area contributed by atoms with Crippen LogP contribution in [0.25, 0.3) is 0 Å². The molecule has 0 radical (unpaired) electrons. The van der Waals surface area contributed by atoms with Crippen LogP contribution in [0.5, 0.6) is 0 Å². The maximum Gasteiger partial charge on any atom is 0.251 e. The van der Waals surface area contributed by atoms with Crippen LogP contribution in [-0.2, 0) is 25.6 Å². The first kappa shape index (κ1) is 32.0. The van der Waals surface area contributed by atoms with E-state index in [4.69, 9.17) is 5.73 Å². The van der Waals surface area contributed by atoms with Crippen molar-refractivity contribution in [2.45, 2.75) is 90.6 Å². The number of nitrogens with two attached hydrogens (primary N) is 1. The molecule has 0 aromatic heterocycles. The highest BCUT2D eigenvalue weighted by atomic mass is 16.3. The van der Waals surface area contributed by atoms with Gasteiger partial charge in [-0.1, -0.05) is 58.0 Å². The number of aliphatic hydroxyl groups excluding tert-OH is 1. The Labute approximate surface area is 220 Å². The average Bonchev–Trinajstić information content (AvgIpc) is 2.80. The summed E-state index contributed by atoms with van der Waals surface area (Å²) in [6.45, 7) is 9.34. The van der Waals surface area contributed by atoms with Gasteiger partial charge in [0.1, 0.15) is 18.2 Å². The highest BCUT2D eigenvalue weighted by Gasteiger charge is 2.32. The molecule has 0 aliphatic heterocycles. The number of likely N-dealkylation sites (N-methyl/N-ethyl adjacent to an activating group) is 1. The van der Waals surface area contributed by atoms with Crippen LogP contribution in [0.3, 0.4) is 0 Å². The standard InChI is InChI=1S/C27H45N5O5/c1-16(2)12-21(25(35)30-18(5)14-23(28)33)31-26(36)22(13-17(3)4)32-27(37)24(34)20(29-6)15-19-10-8-7-9-11-19/h7-11,16-18,20-22,24,29,34H,12-15H2,1-6H3,(H2,28,33)(H,30,35)(H,31,36)(H,32,37). The van der Waals surface area contributed by atoms with Crippen LogP contribution < -0.4 is 27.0 Å². The van der Waals surface area contributed by atoms with E-state index in [0.717, 1.165) is 5.56 Å². The molecule has 0 fully saturated rings. The lowest BCUT2D eigenvalue weighted by Gasteiger charge is -2.28. The molecule has 10 heteroatoms. The number of hydrogen-bond donors (Lipinski definition) is 6.